The lowest BCUT2D eigenvalue weighted by Crippen LogP contribution is -2.43. The maximum Gasteiger partial charge on any atom is 0.435 e. The van der Waals surface area contributed by atoms with Gasteiger partial charge in [0.15, 0.2) is 5.69 Å². The van der Waals surface area contributed by atoms with Crippen LogP contribution in [0.25, 0.3) is 5.69 Å². The molecule has 0 spiro atoms. The van der Waals surface area contributed by atoms with Crippen molar-refractivity contribution in [2.75, 3.05) is 5.32 Å². The number of carbonyl (C=O) groups excluding carboxylic acids is 1. The van der Waals surface area contributed by atoms with Gasteiger partial charge in [0.05, 0.1) is 11.3 Å². The monoisotopic (exact) mass is 449 g/mol. The third kappa shape index (κ3) is 4.35. The Morgan fingerprint density at radius 1 is 1.25 bits per heavy atom. The first-order valence-corrected chi connectivity index (χ1v) is 11.1. The number of alkyl halides is 3. The van der Waals surface area contributed by atoms with E-state index < -0.39 is 17.8 Å². The highest BCUT2D eigenvalue weighted by molar-refractivity contribution is 5.99. The van der Waals surface area contributed by atoms with Crippen LogP contribution in [0.4, 0.5) is 18.9 Å². The highest BCUT2D eigenvalue weighted by Gasteiger charge is 2.42. The van der Waals surface area contributed by atoms with Gasteiger partial charge < -0.3 is 16.8 Å². The topological polar surface area (TPSA) is 99.0 Å². The summed E-state index contributed by atoms with van der Waals surface area (Å²) in [4.78, 5) is 12.0. The Kier molecular flexibility index (Phi) is 5.73. The van der Waals surface area contributed by atoms with Crippen molar-refractivity contribution >= 4 is 11.6 Å². The Morgan fingerprint density at radius 3 is 2.62 bits per heavy atom. The van der Waals surface area contributed by atoms with E-state index in [9.17, 15) is 18.0 Å². The Balaban J connectivity index is 1.80. The molecule has 0 radical (unpaired) electrons. The number of anilines is 1. The Morgan fingerprint density at radius 2 is 1.97 bits per heavy atom. The molecule has 0 bridgehead atoms. The van der Waals surface area contributed by atoms with Crippen molar-refractivity contribution in [3.05, 3.63) is 40.7 Å². The fraction of sp³-hybridized carbons (Fsp3) is 0.565. The Bertz CT molecular complexity index is 1030. The molecule has 5 N–H and O–H groups in total. The number of halogens is 3. The Hall–Kier alpha value is -2.55. The number of aromatic nitrogens is 2. The summed E-state index contributed by atoms with van der Waals surface area (Å²) in [6.45, 7) is 4.10. The molecule has 1 aromatic heterocycles. The molecule has 1 heterocycles. The van der Waals surface area contributed by atoms with E-state index >= 15 is 0 Å². The van der Waals surface area contributed by atoms with Crippen LogP contribution in [0.5, 0.6) is 0 Å². The molecule has 2 atom stereocenters. The van der Waals surface area contributed by atoms with Crippen LogP contribution in [-0.2, 0) is 19.0 Å². The van der Waals surface area contributed by atoms with Crippen molar-refractivity contribution in [2.24, 2.45) is 16.9 Å². The zero-order valence-electron chi connectivity index (χ0n) is 18.4. The third-order valence-corrected chi connectivity index (χ3v) is 6.73. The standard InChI is InChI=1S/C23H30F3N5O/c1-22(2)10-9-15-19(12-22)31(30-20(15)23(24,25)26)13-7-8-14(21(28)32)18(11-13)29-17-6-4-3-5-16(17)27/h7-8,11,16-17,29H,3-6,9-10,12,27H2,1-2H3,(H2,28,32)/t16-,17-/m0/s1. The molecule has 1 fully saturated rings. The van der Waals surface area contributed by atoms with E-state index in [1.54, 1.807) is 18.2 Å². The van der Waals surface area contributed by atoms with E-state index in [0.29, 0.717) is 36.3 Å². The largest absolute Gasteiger partial charge is 0.435 e. The summed E-state index contributed by atoms with van der Waals surface area (Å²) >= 11 is 0. The summed E-state index contributed by atoms with van der Waals surface area (Å²) in [6.07, 6.45) is 0.762. The summed E-state index contributed by atoms with van der Waals surface area (Å²) in [5, 5.41) is 7.33. The van der Waals surface area contributed by atoms with Crippen molar-refractivity contribution in [1.29, 1.82) is 0 Å². The zero-order chi connectivity index (χ0) is 23.3. The second-order valence-electron chi connectivity index (χ2n) is 9.82. The molecule has 0 saturated heterocycles. The molecule has 1 saturated carbocycles. The zero-order valence-corrected chi connectivity index (χ0v) is 18.4. The predicted octanol–water partition coefficient (Wildman–Crippen LogP) is 4.19. The number of rotatable bonds is 4. The molecule has 174 valence electrons. The normalized spacial score (nSPS) is 22.9. The predicted molar refractivity (Wildman–Crippen MR) is 117 cm³/mol. The quantitative estimate of drug-likeness (QED) is 0.652. The summed E-state index contributed by atoms with van der Waals surface area (Å²) in [6, 6.07) is 4.71. The molecule has 2 aliphatic rings. The van der Waals surface area contributed by atoms with Crippen molar-refractivity contribution in [1.82, 2.24) is 9.78 Å². The number of carbonyl (C=O) groups is 1. The number of nitrogens with two attached hydrogens (primary N) is 2. The summed E-state index contributed by atoms with van der Waals surface area (Å²) in [7, 11) is 0. The molecule has 6 nitrogen and oxygen atoms in total. The van der Waals surface area contributed by atoms with E-state index in [4.69, 9.17) is 11.5 Å². The van der Waals surface area contributed by atoms with Gasteiger partial charge in [0.25, 0.3) is 5.91 Å². The van der Waals surface area contributed by atoms with E-state index in [-0.39, 0.29) is 28.6 Å². The fourth-order valence-corrected chi connectivity index (χ4v) is 4.91. The summed E-state index contributed by atoms with van der Waals surface area (Å²) < 4.78 is 42.6. The van der Waals surface area contributed by atoms with Crippen molar-refractivity contribution in [3.8, 4) is 5.69 Å². The van der Waals surface area contributed by atoms with Crippen molar-refractivity contribution < 1.29 is 18.0 Å². The minimum Gasteiger partial charge on any atom is -0.380 e. The lowest BCUT2D eigenvalue weighted by Gasteiger charge is -2.31. The van der Waals surface area contributed by atoms with Gasteiger partial charge in [-0.05, 0) is 55.7 Å². The SMILES string of the molecule is CC1(C)CCc2c(C(F)(F)F)nn(-c3ccc(C(N)=O)c(N[C@H]4CCCC[C@@H]4N)c3)c2C1. The van der Waals surface area contributed by atoms with Crippen LogP contribution in [0.15, 0.2) is 18.2 Å². The molecule has 2 aliphatic carbocycles. The van der Waals surface area contributed by atoms with Crippen LogP contribution >= 0.6 is 0 Å². The minimum atomic E-state index is -4.53. The highest BCUT2D eigenvalue weighted by Crippen LogP contribution is 2.42. The van der Waals surface area contributed by atoms with E-state index in [0.717, 1.165) is 25.7 Å². The lowest BCUT2D eigenvalue weighted by atomic mass is 9.76. The maximum atomic E-state index is 13.7. The molecular formula is C23H30F3N5O. The van der Waals surface area contributed by atoms with Crippen molar-refractivity contribution in [2.45, 2.75) is 77.1 Å². The molecule has 0 unspecified atom stereocenters. The molecule has 9 heteroatoms. The van der Waals surface area contributed by atoms with Gasteiger partial charge in [-0.15, -0.1) is 0 Å². The highest BCUT2D eigenvalue weighted by atomic mass is 19.4. The number of hydrogen-bond donors (Lipinski definition) is 3. The number of benzene rings is 1. The van der Waals surface area contributed by atoms with Gasteiger partial charge in [0.2, 0.25) is 0 Å². The van der Waals surface area contributed by atoms with E-state index in [2.05, 4.69) is 10.4 Å². The molecule has 2 aromatic rings. The second kappa shape index (κ2) is 8.10. The van der Waals surface area contributed by atoms with E-state index in [1.807, 2.05) is 13.8 Å². The fourth-order valence-electron chi connectivity index (χ4n) is 4.91. The number of nitrogens with one attached hydrogen (secondary N) is 1. The summed E-state index contributed by atoms with van der Waals surface area (Å²) in [5.74, 6) is -0.608. The van der Waals surface area contributed by atoms with Gasteiger partial charge in [-0.2, -0.15) is 18.3 Å². The van der Waals surface area contributed by atoms with Crippen LogP contribution in [-0.4, -0.2) is 27.8 Å². The lowest BCUT2D eigenvalue weighted by molar-refractivity contribution is -0.142. The number of nitrogens with zero attached hydrogens (tertiary/aromatic N) is 2. The van der Waals surface area contributed by atoms with Gasteiger partial charge in [-0.1, -0.05) is 26.7 Å². The van der Waals surface area contributed by atoms with E-state index in [1.165, 1.54) is 4.68 Å². The first-order chi connectivity index (χ1) is 15.0. The average Bonchev–Trinajstić information content (AvgIpc) is 3.07. The van der Waals surface area contributed by atoms with Crippen LogP contribution in [0.1, 0.15) is 73.3 Å². The van der Waals surface area contributed by atoms with Crippen molar-refractivity contribution in [3.63, 3.8) is 0 Å². The molecular weight excluding hydrogens is 419 g/mol. The Labute approximate surface area is 185 Å². The number of primary amides is 1. The van der Waals surface area contributed by atoms with Gasteiger partial charge in [-0.3, -0.25) is 4.79 Å². The number of fused-ring (bicyclic) bond motifs is 1. The van der Waals surface area contributed by atoms with Gasteiger partial charge in [0, 0.05) is 29.0 Å². The van der Waals surface area contributed by atoms with Crippen LogP contribution in [0, 0.1) is 5.41 Å². The van der Waals surface area contributed by atoms with Crippen LogP contribution < -0.4 is 16.8 Å². The first kappa shape index (κ1) is 22.6. The number of hydrogen-bond acceptors (Lipinski definition) is 4. The van der Waals surface area contributed by atoms with Crippen LogP contribution in [0.3, 0.4) is 0 Å². The minimum absolute atomic E-state index is 0.0340. The number of amides is 1. The molecule has 4 rings (SSSR count). The second-order valence-corrected chi connectivity index (χ2v) is 9.82. The van der Waals surface area contributed by atoms with Gasteiger partial charge >= 0.3 is 6.18 Å². The molecule has 1 amide bonds. The van der Waals surface area contributed by atoms with Gasteiger partial charge in [-0.25, -0.2) is 4.68 Å². The molecule has 0 aliphatic heterocycles. The average molecular weight is 450 g/mol. The third-order valence-electron chi connectivity index (χ3n) is 6.73. The summed E-state index contributed by atoms with van der Waals surface area (Å²) in [5.41, 5.74) is 12.9. The molecule has 32 heavy (non-hydrogen) atoms. The molecule has 1 aromatic carbocycles. The maximum absolute atomic E-state index is 13.7. The first-order valence-electron chi connectivity index (χ1n) is 11.1. The van der Waals surface area contributed by atoms with Gasteiger partial charge in [0.1, 0.15) is 0 Å². The smallest absolute Gasteiger partial charge is 0.380 e. The van der Waals surface area contributed by atoms with Crippen LogP contribution in [0.2, 0.25) is 0 Å².